The quantitative estimate of drug-likeness (QED) is 0.348. The molecule has 4 aromatic rings. The van der Waals surface area contributed by atoms with Crippen LogP contribution in [0.5, 0.6) is 5.75 Å². The van der Waals surface area contributed by atoms with Crippen molar-refractivity contribution < 1.29 is 9.53 Å². The second-order valence-corrected chi connectivity index (χ2v) is 6.92. The van der Waals surface area contributed by atoms with Crippen LogP contribution in [0.3, 0.4) is 0 Å². The highest BCUT2D eigenvalue weighted by atomic mass is 16.5. The van der Waals surface area contributed by atoms with E-state index in [1.807, 2.05) is 89.7 Å². The van der Waals surface area contributed by atoms with Gasteiger partial charge in [0.1, 0.15) is 12.4 Å². The first-order chi connectivity index (χ1) is 15.3. The molecule has 0 saturated carbocycles. The number of hydrogen-bond acceptors (Lipinski definition) is 4. The number of carbonyl (C=O) groups is 1. The molecule has 154 valence electrons. The van der Waals surface area contributed by atoms with Crippen LogP contribution in [0.15, 0.2) is 102 Å². The molecule has 6 heteroatoms. The first-order valence-electron chi connectivity index (χ1n) is 9.93. The van der Waals surface area contributed by atoms with Gasteiger partial charge in [-0.15, -0.1) is 0 Å². The van der Waals surface area contributed by atoms with Gasteiger partial charge in [-0.3, -0.25) is 9.48 Å². The van der Waals surface area contributed by atoms with Gasteiger partial charge in [0.15, 0.2) is 0 Å². The Morgan fingerprint density at radius 3 is 2.61 bits per heavy atom. The van der Waals surface area contributed by atoms with Crippen molar-refractivity contribution in [2.24, 2.45) is 5.10 Å². The van der Waals surface area contributed by atoms with Crippen LogP contribution in [-0.4, -0.2) is 21.9 Å². The number of carbonyl (C=O) groups excluding carboxylic acids is 1. The molecular formula is C25H22N4O2. The average molecular weight is 410 g/mol. The second-order valence-electron chi connectivity index (χ2n) is 6.92. The number of nitrogens with zero attached hydrogens (tertiary/aromatic N) is 3. The van der Waals surface area contributed by atoms with Crippen LogP contribution in [0, 0.1) is 0 Å². The fraction of sp³-hybridized carbons (Fsp3) is 0.0800. The molecule has 3 aromatic carbocycles. The van der Waals surface area contributed by atoms with Crippen LogP contribution in [0.2, 0.25) is 0 Å². The fourth-order valence-corrected chi connectivity index (χ4v) is 3.07. The van der Waals surface area contributed by atoms with Crippen molar-refractivity contribution in [3.63, 3.8) is 0 Å². The minimum Gasteiger partial charge on any atom is -0.488 e. The summed E-state index contributed by atoms with van der Waals surface area (Å²) >= 11 is 0. The van der Waals surface area contributed by atoms with Crippen LogP contribution >= 0.6 is 0 Å². The maximum atomic E-state index is 12.5. The molecule has 0 radical (unpaired) electrons. The first kappa shape index (κ1) is 20.1. The number of aromatic nitrogens is 2. The maximum absolute atomic E-state index is 12.5. The normalized spacial score (nSPS) is 10.8. The third-order valence-corrected chi connectivity index (χ3v) is 4.62. The minimum absolute atomic E-state index is 0.277. The van der Waals surface area contributed by atoms with Gasteiger partial charge in [-0.05, 0) is 41.5 Å². The van der Waals surface area contributed by atoms with Gasteiger partial charge in [0.05, 0.1) is 12.8 Å². The van der Waals surface area contributed by atoms with E-state index in [-0.39, 0.29) is 5.91 Å². The Balaban J connectivity index is 1.38. The van der Waals surface area contributed by atoms with Gasteiger partial charge < -0.3 is 4.74 Å². The van der Waals surface area contributed by atoms with Crippen molar-refractivity contribution in [1.29, 1.82) is 0 Å². The highest BCUT2D eigenvalue weighted by Gasteiger charge is 2.06. The lowest BCUT2D eigenvalue weighted by Crippen LogP contribution is -2.18. The second kappa shape index (κ2) is 10.0. The number of rotatable bonds is 8. The van der Waals surface area contributed by atoms with Gasteiger partial charge in [-0.2, -0.15) is 10.2 Å². The molecule has 0 aliphatic heterocycles. The number of hydrazone groups is 1. The molecule has 0 fully saturated rings. The van der Waals surface area contributed by atoms with Crippen LogP contribution in [-0.2, 0) is 13.2 Å². The Morgan fingerprint density at radius 1 is 0.968 bits per heavy atom. The highest BCUT2D eigenvalue weighted by molar-refractivity contribution is 5.95. The molecule has 1 heterocycles. The fourth-order valence-electron chi connectivity index (χ4n) is 3.07. The number of nitrogens with one attached hydrogen (secondary N) is 1. The van der Waals surface area contributed by atoms with Crippen molar-refractivity contribution in [1.82, 2.24) is 15.2 Å². The summed E-state index contributed by atoms with van der Waals surface area (Å²) in [6.07, 6.45) is 5.20. The summed E-state index contributed by atoms with van der Waals surface area (Å²) < 4.78 is 7.73. The van der Waals surface area contributed by atoms with E-state index < -0.39 is 0 Å². The smallest absolute Gasteiger partial charge is 0.271 e. The van der Waals surface area contributed by atoms with Crippen LogP contribution in [0.25, 0.3) is 0 Å². The average Bonchev–Trinajstić information content (AvgIpc) is 3.32. The molecule has 0 saturated heterocycles. The van der Waals surface area contributed by atoms with Crippen LogP contribution in [0.4, 0.5) is 0 Å². The third kappa shape index (κ3) is 5.67. The van der Waals surface area contributed by atoms with Crippen molar-refractivity contribution in [2.45, 2.75) is 13.2 Å². The molecule has 1 N–H and O–H groups in total. The summed E-state index contributed by atoms with van der Waals surface area (Å²) in [6, 6.07) is 26.8. The zero-order valence-electron chi connectivity index (χ0n) is 16.9. The van der Waals surface area contributed by atoms with E-state index in [1.54, 1.807) is 18.5 Å². The third-order valence-electron chi connectivity index (χ3n) is 4.62. The number of hydrogen-bond donors (Lipinski definition) is 1. The Labute approximate surface area is 180 Å². The van der Waals surface area contributed by atoms with Gasteiger partial charge in [0.2, 0.25) is 0 Å². The SMILES string of the molecule is O=C(N/N=C/c1ccccc1OCc1ccccc1)c1cccc(Cn2cccn2)c1. The van der Waals surface area contributed by atoms with Crippen LogP contribution < -0.4 is 10.2 Å². The lowest BCUT2D eigenvalue weighted by molar-refractivity contribution is 0.0955. The largest absolute Gasteiger partial charge is 0.488 e. The molecule has 1 aromatic heterocycles. The summed E-state index contributed by atoms with van der Waals surface area (Å²) in [5.41, 5.74) is 5.98. The first-order valence-corrected chi connectivity index (χ1v) is 9.93. The molecule has 0 atom stereocenters. The summed E-state index contributed by atoms with van der Waals surface area (Å²) in [7, 11) is 0. The summed E-state index contributed by atoms with van der Waals surface area (Å²) in [5.74, 6) is 0.423. The van der Waals surface area contributed by atoms with Gasteiger partial charge >= 0.3 is 0 Å². The summed E-state index contributed by atoms with van der Waals surface area (Å²) in [4.78, 5) is 12.5. The molecular weight excluding hydrogens is 388 g/mol. The van der Waals surface area contributed by atoms with E-state index in [9.17, 15) is 4.79 Å². The van der Waals surface area contributed by atoms with E-state index in [0.29, 0.717) is 24.5 Å². The molecule has 0 bridgehead atoms. The molecule has 4 rings (SSSR count). The molecule has 0 spiro atoms. The van der Waals surface area contributed by atoms with Gasteiger partial charge in [0.25, 0.3) is 5.91 Å². The van der Waals surface area contributed by atoms with E-state index in [0.717, 1.165) is 16.7 Å². The monoisotopic (exact) mass is 410 g/mol. The molecule has 6 nitrogen and oxygen atoms in total. The molecule has 0 aliphatic rings. The van der Waals surface area contributed by atoms with Crippen molar-refractivity contribution in [3.8, 4) is 5.75 Å². The molecule has 0 aliphatic carbocycles. The standard InChI is InChI=1S/C25H22N4O2/c30-25(22-12-6-10-21(16-22)18-29-15-7-14-27-29)28-26-17-23-11-4-5-13-24(23)31-19-20-8-2-1-3-9-20/h1-17H,18-19H2,(H,28,30)/b26-17+. The van der Waals surface area contributed by atoms with Crippen molar-refractivity contribution in [3.05, 3.63) is 120 Å². The number of para-hydroxylation sites is 1. The van der Waals surface area contributed by atoms with Gasteiger partial charge in [-0.25, -0.2) is 5.43 Å². The Morgan fingerprint density at radius 2 is 1.77 bits per heavy atom. The number of benzene rings is 3. The Kier molecular flexibility index (Phi) is 6.50. The summed E-state index contributed by atoms with van der Waals surface area (Å²) in [6.45, 7) is 1.06. The van der Waals surface area contributed by atoms with Crippen molar-refractivity contribution in [2.75, 3.05) is 0 Å². The lowest BCUT2D eigenvalue weighted by atomic mass is 10.1. The van der Waals surface area contributed by atoms with Gasteiger partial charge in [0, 0.05) is 23.5 Å². The van der Waals surface area contributed by atoms with E-state index >= 15 is 0 Å². The zero-order chi connectivity index (χ0) is 21.3. The molecule has 31 heavy (non-hydrogen) atoms. The zero-order valence-corrected chi connectivity index (χ0v) is 16.9. The Bertz CT molecular complexity index is 1160. The van der Waals surface area contributed by atoms with E-state index in [4.69, 9.17) is 4.74 Å². The summed E-state index contributed by atoms with van der Waals surface area (Å²) in [5, 5.41) is 8.31. The lowest BCUT2D eigenvalue weighted by Gasteiger charge is -2.09. The predicted molar refractivity (Wildman–Crippen MR) is 120 cm³/mol. The van der Waals surface area contributed by atoms with E-state index in [2.05, 4.69) is 15.6 Å². The number of amides is 1. The van der Waals surface area contributed by atoms with E-state index in [1.165, 1.54) is 0 Å². The van der Waals surface area contributed by atoms with Crippen LogP contribution in [0.1, 0.15) is 27.0 Å². The predicted octanol–water partition coefficient (Wildman–Crippen LogP) is 4.27. The van der Waals surface area contributed by atoms with Crippen molar-refractivity contribution >= 4 is 12.1 Å². The number of ether oxygens (including phenoxy) is 1. The highest BCUT2D eigenvalue weighted by Crippen LogP contribution is 2.17. The Hall–Kier alpha value is -4.19. The maximum Gasteiger partial charge on any atom is 0.271 e. The minimum atomic E-state index is -0.277. The molecule has 0 unspecified atom stereocenters. The topological polar surface area (TPSA) is 68.5 Å². The van der Waals surface area contributed by atoms with Gasteiger partial charge in [-0.1, -0.05) is 54.6 Å². The molecule has 1 amide bonds.